The molecule has 0 aliphatic heterocycles. The Bertz CT molecular complexity index is 1370. The summed E-state index contributed by atoms with van der Waals surface area (Å²) < 4.78 is 2.15. The van der Waals surface area contributed by atoms with Gasteiger partial charge in [0.2, 0.25) is 5.95 Å². The van der Waals surface area contributed by atoms with E-state index >= 15 is 0 Å². The molecular formula is C26H28ClN7O. The molecule has 1 saturated carbocycles. The molecular weight excluding hydrogens is 462 g/mol. The van der Waals surface area contributed by atoms with Crippen LogP contribution in [0.15, 0.2) is 60.9 Å². The highest BCUT2D eigenvalue weighted by Crippen LogP contribution is 2.29. The summed E-state index contributed by atoms with van der Waals surface area (Å²) in [6.45, 7) is 0.684. The van der Waals surface area contributed by atoms with Crippen molar-refractivity contribution in [3.63, 3.8) is 0 Å². The molecule has 5 rings (SSSR count). The smallest absolute Gasteiger partial charge is 0.254 e. The van der Waals surface area contributed by atoms with Crippen LogP contribution in [0.3, 0.4) is 0 Å². The number of halogens is 1. The molecule has 180 valence electrons. The van der Waals surface area contributed by atoms with Crippen LogP contribution in [0.4, 0.5) is 17.5 Å². The third kappa shape index (κ3) is 5.08. The maximum Gasteiger partial charge on any atom is 0.254 e. The lowest BCUT2D eigenvalue weighted by Gasteiger charge is -2.29. The van der Waals surface area contributed by atoms with Gasteiger partial charge in [0, 0.05) is 47.1 Å². The second-order valence-corrected chi connectivity index (χ2v) is 9.39. The molecule has 2 unspecified atom stereocenters. The molecule has 0 spiro atoms. The fraction of sp³-hybridized carbons (Fsp3) is 0.269. The molecule has 1 fully saturated rings. The molecule has 1 aliphatic rings. The number of hydrogen-bond acceptors (Lipinski definition) is 6. The van der Waals surface area contributed by atoms with E-state index in [4.69, 9.17) is 23.1 Å². The number of amides is 1. The summed E-state index contributed by atoms with van der Waals surface area (Å²) in [6.07, 6.45) is 7.67. The number of carbonyl (C=O) groups is 1. The van der Waals surface area contributed by atoms with E-state index in [1.54, 1.807) is 0 Å². The van der Waals surface area contributed by atoms with Crippen molar-refractivity contribution in [2.24, 2.45) is 11.5 Å². The predicted octanol–water partition coefficient (Wildman–Crippen LogP) is 4.66. The average molecular weight is 490 g/mol. The van der Waals surface area contributed by atoms with Crippen LogP contribution in [0.5, 0.6) is 0 Å². The van der Waals surface area contributed by atoms with Gasteiger partial charge in [0.25, 0.3) is 5.91 Å². The fourth-order valence-corrected chi connectivity index (χ4v) is 4.87. The molecule has 2 aromatic carbocycles. The summed E-state index contributed by atoms with van der Waals surface area (Å²) in [6, 6.07) is 16.0. The van der Waals surface area contributed by atoms with Crippen molar-refractivity contribution in [2.45, 2.75) is 44.3 Å². The number of hydrogen-bond donors (Lipinski definition) is 4. The maximum atomic E-state index is 12.1. The van der Waals surface area contributed by atoms with Crippen LogP contribution in [0, 0.1) is 0 Å². The fourth-order valence-electron chi connectivity index (χ4n) is 4.66. The van der Waals surface area contributed by atoms with E-state index in [2.05, 4.69) is 31.2 Å². The third-order valence-electron chi connectivity index (χ3n) is 6.50. The zero-order valence-electron chi connectivity index (χ0n) is 19.2. The average Bonchev–Trinajstić information content (AvgIpc) is 3.24. The van der Waals surface area contributed by atoms with Crippen LogP contribution in [0.25, 0.3) is 10.9 Å². The highest BCUT2D eigenvalue weighted by Gasteiger charge is 2.23. The summed E-state index contributed by atoms with van der Waals surface area (Å²) >= 11 is 6.16. The topological polar surface area (TPSA) is 124 Å². The van der Waals surface area contributed by atoms with Gasteiger partial charge in [-0.05, 0) is 48.7 Å². The first-order valence-electron chi connectivity index (χ1n) is 11.8. The molecule has 9 heteroatoms. The quantitative estimate of drug-likeness (QED) is 0.299. The number of carbonyl (C=O) groups excluding carboxylic acids is 1. The van der Waals surface area contributed by atoms with Crippen molar-refractivity contribution >= 4 is 45.9 Å². The number of aromatic nitrogens is 3. The number of nitrogens with zero attached hydrogens (tertiary/aromatic N) is 3. The van der Waals surface area contributed by atoms with Gasteiger partial charge >= 0.3 is 0 Å². The summed E-state index contributed by atoms with van der Waals surface area (Å²) in [5.41, 5.74) is 15.1. The Morgan fingerprint density at radius 2 is 1.97 bits per heavy atom. The van der Waals surface area contributed by atoms with Gasteiger partial charge in [-0.25, -0.2) is 4.98 Å². The van der Waals surface area contributed by atoms with Gasteiger partial charge < -0.3 is 26.7 Å². The normalized spacial score (nSPS) is 17.9. The van der Waals surface area contributed by atoms with E-state index in [9.17, 15) is 4.79 Å². The number of benzene rings is 2. The summed E-state index contributed by atoms with van der Waals surface area (Å²) in [5, 5.41) is 8.36. The lowest BCUT2D eigenvalue weighted by Crippen LogP contribution is -2.43. The zero-order valence-corrected chi connectivity index (χ0v) is 20.0. The van der Waals surface area contributed by atoms with Crippen LogP contribution in [-0.4, -0.2) is 32.5 Å². The van der Waals surface area contributed by atoms with Crippen molar-refractivity contribution in [2.75, 3.05) is 10.6 Å². The molecule has 8 nitrogen and oxygen atoms in total. The van der Waals surface area contributed by atoms with Gasteiger partial charge in [0.05, 0.1) is 5.52 Å². The second kappa shape index (κ2) is 9.93. The third-order valence-corrected chi connectivity index (χ3v) is 6.73. The molecule has 2 aromatic heterocycles. The molecule has 2 atom stereocenters. The van der Waals surface area contributed by atoms with E-state index in [0.717, 1.165) is 47.8 Å². The van der Waals surface area contributed by atoms with Gasteiger partial charge in [-0.1, -0.05) is 42.6 Å². The standard InChI is InChI=1S/C26H28ClN7O/c27-17-6-3-5-16(13-17)15-34-12-11-18-21(9-4-10-23(18)34)31-25-19(24(29)35)14-30-26(33-25)32-22-8-2-1-7-20(22)28/h3-6,9-14,20,22H,1-2,7-8,15,28H2,(H2,29,35)(H2,30,31,32,33). The zero-order chi connectivity index (χ0) is 24.4. The number of fused-ring (bicyclic) bond motifs is 1. The number of nitrogens with one attached hydrogen (secondary N) is 2. The van der Waals surface area contributed by atoms with Gasteiger partial charge in [0.15, 0.2) is 0 Å². The van der Waals surface area contributed by atoms with Crippen LogP contribution in [0.2, 0.25) is 5.02 Å². The lowest BCUT2D eigenvalue weighted by atomic mass is 9.91. The molecule has 35 heavy (non-hydrogen) atoms. The number of nitrogens with two attached hydrogens (primary N) is 2. The van der Waals surface area contributed by atoms with Gasteiger partial charge in [0.1, 0.15) is 11.4 Å². The Balaban J connectivity index is 1.44. The Kier molecular flexibility index (Phi) is 6.57. The first kappa shape index (κ1) is 23.1. The van der Waals surface area contributed by atoms with Crippen LogP contribution < -0.4 is 22.1 Å². The molecule has 2 heterocycles. The number of primary amides is 1. The predicted molar refractivity (Wildman–Crippen MR) is 140 cm³/mol. The van der Waals surface area contributed by atoms with E-state index in [0.29, 0.717) is 23.3 Å². The Labute approximate surface area is 208 Å². The van der Waals surface area contributed by atoms with Crippen molar-refractivity contribution in [1.82, 2.24) is 14.5 Å². The van der Waals surface area contributed by atoms with Gasteiger partial charge in [-0.2, -0.15) is 4.98 Å². The highest BCUT2D eigenvalue weighted by molar-refractivity contribution is 6.30. The Morgan fingerprint density at radius 3 is 2.77 bits per heavy atom. The van der Waals surface area contributed by atoms with Crippen molar-refractivity contribution in [1.29, 1.82) is 0 Å². The Morgan fingerprint density at radius 1 is 1.14 bits per heavy atom. The molecule has 6 N–H and O–H groups in total. The largest absolute Gasteiger partial charge is 0.365 e. The number of anilines is 3. The van der Waals surface area contributed by atoms with Gasteiger partial charge in [-0.15, -0.1) is 0 Å². The monoisotopic (exact) mass is 489 g/mol. The first-order chi connectivity index (χ1) is 17.0. The highest BCUT2D eigenvalue weighted by atomic mass is 35.5. The van der Waals surface area contributed by atoms with E-state index < -0.39 is 5.91 Å². The summed E-state index contributed by atoms with van der Waals surface area (Å²) in [5.74, 6) is 0.180. The van der Waals surface area contributed by atoms with Gasteiger partial charge in [-0.3, -0.25) is 4.79 Å². The number of rotatable bonds is 7. The molecule has 4 aromatic rings. The Hall–Kier alpha value is -3.62. The lowest BCUT2D eigenvalue weighted by molar-refractivity contribution is 0.100. The van der Waals surface area contributed by atoms with Crippen molar-refractivity contribution in [3.05, 3.63) is 77.1 Å². The summed E-state index contributed by atoms with van der Waals surface area (Å²) in [4.78, 5) is 21.0. The molecule has 0 bridgehead atoms. The minimum Gasteiger partial charge on any atom is -0.365 e. The maximum absolute atomic E-state index is 12.1. The minimum absolute atomic E-state index is 0.0487. The van der Waals surface area contributed by atoms with E-state index in [1.165, 1.54) is 6.20 Å². The van der Waals surface area contributed by atoms with Crippen LogP contribution >= 0.6 is 11.6 Å². The van der Waals surface area contributed by atoms with Crippen molar-refractivity contribution < 1.29 is 4.79 Å². The van der Waals surface area contributed by atoms with E-state index in [-0.39, 0.29) is 17.6 Å². The molecule has 0 saturated heterocycles. The van der Waals surface area contributed by atoms with Crippen molar-refractivity contribution in [3.8, 4) is 0 Å². The van der Waals surface area contributed by atoms with Crippen LogP contribution in [0.1, 0.15) is 41.6 Å². The molecule has 0 radical (unpaired) electrons. The second-order valence-electron chi connectivity index (χ2n) is 8.96. The minimum atomic E-state index is -0.598. The first-order valence-corrected chi connectivity index (χ1v) is 12.1. The van der Waals surface area contributed by atoms with Crippen LogP contribution in [-0.2, 0) is 6.54 Å². The van der Waals surface area contributed by atoms with E-state index in [1.807, 2.05) is 48.7 Å². The summed E-state index contributed by atoms with van der Waals surface area (Å²) in [7, 11) is 0. The SMILES string of the molecule is NC(=O)c1cnc(NC2CCCCC2N)nc1Nc1cccc2c1ccn2Cc1cccc(Cl)c1. The molecule has 1 aliphatic carbocycles. The molecule has 1 amide bonds.